The van der Waals surface area contributed by atoms with E-state index in [0.29, 0.717) is 19.4 Å². The van der Waals surface area contributed by atoms with Crippen molar-refractivity contribution in [2.45, 2.75) is 18.9 Å². The van der Waals surface area contributed by atoms with E-state index in [-0.39, 0.29) is 23.5 Å². The number of thiazole rings is 1. The number of amides is 1. The summed E-state index contributed by atoms with van der Waals surface area (Å²) < 4.78 is 18.7. The maximum atomic E-state index is 13.8. The molecule has 0 spiro atoms. The maximum Gasteiger partial charge on any atom is 0.228 e. The molecule has 2 heterocycles. The van der Waals surface area contributed by atoms with Gasteiger partial charge in [0.2, 0.25) is 5.91 Å². The van der Waals surface area contributed by atoms with Gasteiger partial charge in [0.15, 0.2) is 16.7 Å². The van der Waals surface area contributed by atoms with Crippen LogP contribution in [-0.4, -0.2) is 30.6 Å². The molecule has 1 atom stereocenters. The molecule has 4 N–H and O–H groups in total. The zero-order valence-electron chi connectivity index (χ0n) is 15.9. The Balaban J connectivity index is 1.35. The summed E-state index contributed by atoms with van der Waals surface area (Å²) in [5.74, 6) is -0.141. The molecule has 0 radical (unpaired) electrons. The summed E-state index contributed by atoms with van der Waals surface area (Å²) in [5.41, 5.74) is 9.92. The van der Waals surface area contributed by atoms with Crippen LogP contribution in [0.15, 0.2) is 42.6 Å². The van der Waals surface area contributed by atoms with Crippen LogP contribution in [0.4, 0.5) is 15.2 Å². The number of fused-ring (bicyclic) bond motifs is 1. The van der Waals surface area contributed by atoms with Crippen molar-refractivity contribution in [3.8, 4) is 16.2 Å². The molecular weight excluding hydrogens is 391 g/mol. The molecule has 1 amide bonds. The standard InChI is InChI=1S/C21H21FN4O2S/c1-28-18-5-2-12(7-16(18)22)6-15(23)10-24-21-25-11-19(29-21)13-3-4-17-14(8-13)9-20(27)26-17/h2-5,7-8,11,15H,6,9-10,23H2,1H3,(H,24,25)(H,26,27). The van der Waals surface area contributed by atoms with Crippen molar-refractivity contribution in [1.29, 1.82) is 0 Å². The van der Waals surface area contributed by atoms with Crippen molar-refractivity contribution in [1.82, 2.24) is 4.98 Å². The van der Waals surface area contributed by atoms with E-state index in [0.717, 1.165) is 32.4 Å². The molecule has 1 aliphatic rings. The van der Waals surface area contributed by atoms with Crippen LogP contribution in [0.1, 0.15) is 11.1 Å². The lowest BCUT2D eigenvalue weighted by atomic mass is 10.1. The number of nitrogens with zero attached hydrogens (tertiary/aromatic N) is 1. The van der Waals surface area contributed by atoms with Crippen LogP contribution >= 0.6 is 11.3 Å². The molecule has 4 rings (SSSR count). The molecule has 0 saturated heterocycles. The summed E-state index contributed by atoms with van der Waals surface area (Å²) in [5, 5.41) is 6.85. The van der Waals surface area contributed by atoms with Crippen molar-refractivity contribution < 1.29 is 13.9 Å². The lowest BCUT2D eigenvalue weighted by Crippen LogP contribution is -2.31. The van der Waals surface area contributed by atoms with Gasteiger partial charge in [0.25, 0.3) is 0 Å². The minimum atomic E-state index is -0.388. The highest BCUT2D eigenvalue weighted by Gasteiger charge is 2.18. The first-order valence-corrected chi connectivity index (χ1v) is 10.0. The number of ether oxygens (including phenoxy) is 1. The number of halogens is 1. The van der Waals surface area contributed by atoms with Gasteiger partial charge in [0.05, 0.1) is 18.4 Å². The number of anilines is 2. The molecule has 0 bridgehead atoms. The summed E-state index contributed by atoms with van der Waals surface area (Å²) in [6.45, 7) is 0.517. The molecule has 8 heteroatoms. The summed E-state index contributed by atoms with van der Waals surface area (Å²) >= 11 is 1.53. The number of benzene rings is 2. The molecule has 3 aromatic rings. The SMILES string of the molecule is COc1ccc(CC(N)CNc2ncc(-c3ccc4c(c3)CC(=O)N4)s2)cc1F. The average Bonchev–Trinajstić information content (AvgIpc) is 3.31. The minimum absolute atomic E-state index is 0.0227. The largest absolute Gasteiger partial charge is 0.494 e. The fourth-order valence-electron chi connectivity index (χ4n) is 3.30. The van der Waals surface area contributed by atoms with Crippen LogP contribution in [0.2, 0.25) is 0 Å². The van der Waals surface area contributed by atoms with Gasteiger partial charge in [0.1, 0.15) is 0 Å². The lowest BCUT2D eigenvalue weighted by molar-refractivity contribution is -0.115. The van der Waals surface area contributed by atoms with E-state index >= 15 is 0 Å². The quantitative estimate of drug-likeness (QED) is 0.553. The summed E-state index contributed by atoms with van der Waals surface area (Å²) in [7, 11) is 1.44. The van der Waals surface area contributed by atoms with Crippen LogP contribution in [0.25, 0.3) is 10.4 Å². The third-order valence-corrected chi connectivity index (χ3v) is 5.75. The van der Waals surface area contributed by atoms with Gasteiger partial charge in [-0.3, -0.25) is 4.79 Å². The number of hydrogen-bond donors (Lipinski definition) is 3. The van der Waals surface area contributed by atoms with E-state index < -0.39 is 0 Å². The van der Waals surface area contributed by atoms with Crippen LogP contribution in [-0.2, 0) is 17.6 Å². The molecule has 150 valence electrons. The highest BCUT2D eigenvalue weighted by molar-refractivity contribution is 7.18. The van der Waals surface area contributed by atoms with Gasteiger partial charge in [-0.05, 0) is 47.4 Å². The molecule has 1 unspecified atom stereocenters. The normalized spacial score (nSPS) is 13.7. The zero-order valence-corrected chi connectivity index (χ0v) is 16.7. The first-order valence-electron chi connectivity index (χ1n) is 9.22. The molecule has 6 nitrogen and oxygen atoms in total. The molecule has 0 fully saturated rings. The molecule has 29 heavy (non-hydrogen) atoms. The minimum Gasteiger partial charge on any atom is -0.494 e. The van der Waals surface area contributed by atoms with E-state index in [9.17, 15) is 9.18 Å². The highest BCUT2D eigenvalue weighted by Crippen LogP contribution is 2.33. The Morgan fingerprint density at radius 2 is 2.21 bits per heavy atom. The number of carbonyl (C=O) groups is 1. The fourth-order valence-corrected chi connectivity index (χ4v) is 4.12. The van der Waals surface area contributed by atoms with E-state index in [1.165, 1.54) is 24.5 Å². The molecule has 1 aliphatic heterocycles. The van der Waals surface area contributed by atoms with Gasteiger partial charge in [0, 0.05) is 24.5 Å². The van der Waals surface area contributed by atoms with Crippen molar-refractivity contribution in [2.75, 3.05) is 24.3 Å². The van der Waals surface area contributed by atoms with Gasteiger partial charge in [-0.2, -0.15) is 0 Å². The Bertz CT molecular complexity index is 1050. The third kappa shape index (κ3) is 4.38. The Morgan fingerprint density at radius 1 is 1.34 bits per heavy atom. The predicted octanol–water partition coefficient (Wildman–Crippen LogP) is 3.43. The number of hydrogen-bond acceptors (Lipinski definition) is 6. The molecule has 1 aromatic heterocycles. The average molecular weight is 412 g/mol. The molecule has 2 aromatic carbocycles. The second-order valence-electron chi connectivity index (χ2n) is 6.94. The van der Waals surface area contributed by atoms with Crippen molar-refractivity contribution in [3.05, 3.63) is 59.5 Å². The Morgan fingerprint density at radius 3 is 3.00 bits per heavy atom. The Kier molecular flexibility index (Phi) is 5.46. The number of methoxy groups -OCH3 is 1. The second kappa shape index (κ2) is 8.18. The van der Waals surface area contributed by atoms with Gasteiger partial charge < -0.3 is 21.1 Å². The fraction of sp³-hybridized carbons (Fsp3) is 0.238. The van der Waals surface area contributed by atoms with E-state index in [4.69, 9.17) is 10.5 Å². The van der Waals surface area contributed by atoms with Crippen LogP contribution in [0.5, 0.6) is 5.75 Å². The summed E-state index contributed by atoms with van der Waals surface area (Å²) in [6, 6.07) is 10.6. The Labute approximate surface area is 171 Å². The predicted molar refractivity (Wildman–Crippen MR) is 113 cm³/mol. The summed E-state index contributed by atoms with van der Waals surface area (Å²) in [4.78, 5) is 16.9. The van der Waals surface area contributed by atoms with Crippen LogP contribution < -0.4 is 21.1 Å². The molecule has 0 saturated carbocycles. The van der Waals surface area contributed by atoms with Crippen LogP contribution in [0, 0.1) is 5.82 Å². The monoisotopic (exact) mass is 412 g/mol. The zero-order chi connectivity index (χ0) is 20.4. The Hall–Kier alpha value is -2.97. The van der Waals surface area contributed by atoms with Gasteiger partial charge >= 0.3 is 0 Å². The smallest absolute Gasteiger partial charge is 0.228 e. The van der Waals surface area contributed by atoms with E-state index in [2.05, 4.69) is 15.6 Å². The van der Waals surface area contributed by atoms with Crippen molar-refractivity contribution >= 4 is 28.1 Å². The second-order valence-corrected chi connectivity index (χ2v) is 7.97. The number of nitrogens with one attached hydrogen (secondary N) is 2. The van der Waals surface area contributed by atoms with Gasteiger partial charge in [-0.25, -0.2) is 9.37 Å². The van der Waals surface area contributed by atoms with E-state index in [1.54, 1.807) is 6.07 Å². The number of rotatable bonds is 7. The first-order chi connectivity index (χ1) is 14.0. The third-order valence-electron chi connectivity index (χ3n) is 4.75. The summed E-state index contributed by atoms with van der Waals surface area (Å²) in [6.07, 6.45) is 2.76. The lowest BCUT2D eigenvalue weighted by Gasteiger charge is -2.13. The van der Waals surface area contributed by atoms with Crippen LogP contribution in [0.3, 0.4) is 0 Å². The van der Waals surface area contributed by atoms with Gasteiger partial charge in [-0.15, -0.1) is 0 Å². The van der Waals surface area contributed by atoms with E-state index in [1.807, 2.05) is 30.5 Å². The number of carbonyl (C=O) groups excluding carboxylic acids is 1. The number of nitrogens with two attached hydrogens (primary N) is 1. The highest BCUT2D eigenvalue weighted by atomic mass is 32.1. The van der Waals surface area contributed by atoms with Crippen molar-refractivity contribution in [2.24, 2.45) is 5.73 Å². The van der Waals surface area contributed by atoms with Gasteiger partial charge in [-0.1, -0.05) is 23.5 Å². The number of aromatic nitrogens is 1. The molecular formula is C21H21FN4O2S. The van der Waals surface area contributed by atoms with Crippen molar-refractivity contribution in [3.63, 3.8) is 0 Å². The molecule has 0 aliphatic carbocycles. The maximum absolute atomic E-state index is 13.8. The topological polar surface area (TPSA) is 89.3 Å². The first kappa shape index (κ1) is 19.4.